The van der Waals surface area contributed by atoms with E-state index in [2.05, 4.69) is 0 Å². The maximum absolute atomic E-state index is 13.0. The van der Waals surface area contributed by atoms with Crippen LogP contribution in [-0.2, 0) is 0 Å². The van der Waals surface area contributed by atoms with Gasteiger partial charge >= 0.3 is 0 Å². The summed E-state index contributed by atoms with van der Waals surface area (Å²) in [6, 6.07) is 3.29. The predicted octanol–water partition coefficient (Wildman–Crippen LogP) is 4.22. The zero-order chi connectivity index (χ0) is 13.2. The molecule has 1 aromatic rings. The van der Waals surface area contributed by atoms with Crippen molar-refractivity contribution in [3.8, 4) is 0 Å². The van der Waals surface area contributed by atoms with E-state index >= 15 is 0 Å². The summed E-state index contributed by atoms with van der Waals surface area (Å²) in [6.07, 6.45) is 0.713. The molecule has 17 heavy (non-hydrogen) atoms. The number of benzene rings is 1. The number of carbonyl (C=O) groups is 1. The lowest BCUT2D eigenvalue weighted by molar-refractivity contribution is 0.0897. The molecule has 0 heterocycles. The molecule has 0 aliphatic rings. The van der Waals surface area contributed by atoms with Crippen LogP contribution < -0.4 is 0 Å². The molecule has 1 atom stereocenters. The Bertz CT molecular complexity index is 419. The van der Waals surface area contributed by atoms with E-state index in [1.165, 1.54) is 6.07 Å². The van der Waals surface area contributed by atoms with Gasteiger partial charge in [0, 0.05) is 11.5 Å². The summed E-state index contributed by atoms with van der Waals surface area (Å²) in [7, 11) is 0. The molecular formula is C14H18F2O. The van der Waals surface area contributed by atoms with Gasteiger partial charge < -0.3 is 0 Å². The van der Waals surface area contributed by atoms with Crippen LogP contribution in [0.15, 0.2) is 18.2 Å². The Labute approximate surface area is 101 Å². The molecule has 0 N–H and O–H groups in total. The number of hydrogen-bond acceptors (Lipinski definition) is 1. The van der Waals surface area contributed by atoms with Gasteiger partial charge in [-0.3, -0.25) is 4.79 Å². The Morgan fingerprint density at radius 2 is 1.82 bits per heavy atom. The second-order valence-electron chi connectivity index (χ2n) is 5.66. The maximum atomic E-state index is 13.0. The molecule has 0 amide bonds. The van der Waals surface area contributed by atoms with Crippen LogP contribution in [0.3, 0.4) is 0 Å². The largest absolute Gasteiger partial charge is 0.294 e. The van der Waals surface area contributed by atoms with Crippen molar-refractivity contribution in [2.75, 3.05) is 0 Å². The molecule has 0 aliphatic carbocycles. The first kappa shape index (κ1) is 13.8. The summed E-state index contributed by atoms with van der Waals surface area (Å²) in [5.74, 6) is -2.23. The Morgan fingerprint density at radius 1 is 1.24 bits per heavy atom. The Hall–Kier alpha value is -1.25. The third kappa shape index (κ3) is 3.91. The number of carbonyl (C=O) groups excluding carboxylic acids is 1. The van der Waals surface area contributed by atoms with E-state index in [-0.39, 0.29) is 22.7 Å². The van der Waals surface area contributed by atoms with Crippen molar-refractivity contribution in [2.24, 2.45) is 11.3 Å². The summed E-state index contributed by atoms with van der Waals surface area (Å²) in [5, 5.41) is 0. The molecule has 0 aliphatic heterocycles. The number of Topliss-reactive ketones (excluding diaryl/α,β-unsaturated/α-hetero) is 1. The van der Waals surface area contributed by atoms with Gasteiger partial charge in [0.1, 0.15) is 0 Å². The molecule has 3 heteroatoms. The zero-order valence-electron chi connectivity index (χ0n) is 10.7. The molecule has 1 rings (SSSR count). The van der Waals surface area contributed by atoms with Crippen molar-refractivity contribution in [3.63, 3.8) is 0 Å². The zero-order valence-corrected chi connectivity index (χ0v) is 10.7. The van der Waals surface area contributed by atoms with Crippen LogP contribution >= 0.6 is 0 Å². The van der Waals surface area contributed by atoms with Gasteiger partial charge in [-0.05, 0) is 30.0 Å². The first-order chi connectivity index (χ1) is 7.70. The first-order valence-electron chi connectivity index (χ1n) is 5.70. The minimum absolute atomic E-state index is 0.0354. The van der Waals surface area contributed by atoms with E-state index in [1.807, 2.05) is 27.7 Å². The number of halogens is 2. The lowest BCUT2D eigenvalue weighted by Crippen LogP contribution is -2.19. The highest BCUT2D eigenvalue weighted by Crippen LogP contribution is 2.26. The highest BCUT2D eigenvalue weighted by atomic mass is 19.2. The number of rotatable bonds is 3. The van der Waals surface area contributed by atoms with E-state index in [1.54, 1.807) is 0 Å². The Balaban J connectivity index is 2.85. The summed E-state index contributed by atoms with van der Waals surface area (Å²) < 4.78 is 25.8. The minimum atomic E-state index is -0.973. The number of ketones is 1. The first-order valence-corrected chi connectivity index (χ1v) is 5.70. The fraction of sp³-hybridized carbons (Fsp3) is 0.500. The molecule has 0 spiro atoms. The van der Waals surface area contributed by atoms with E-state index in [4.69, 9.17) is 0 Å². The summed E-state index contributed by atoms with van der Waals surface area (Å²) in [5.41, 5.74) is 0.272. The molecule has 0 bridgehead atoms. The van der Waals surface area contributed by atoms with Crippen LogP contribution in [0, 0.1) is 23.0 Å². The van der Waals surface area contributed by atoms with Crippen LogP contribution in [0.1, 0.15) is 44.5 Å². The lowest BCUT2D eigenvalue weighted by Gasteiger charge is -2.22. The second-order valence-corrected chi connectivity index (χ2v) is 5.66. The minimum Gasteiger partial charge on any atom is -0.294 e. The lowest BCUT2D eigenvalue weighted by atomic mass is 9.82. The molecule has 0 aromatic heterocycles. The normalized spacial score (nSPS) is 13.5. The van der Waals surface area contributed by atoms with Gasteiger partial charge in [-0.25, -0.2) is 8.78 Å². The van der Waals surface area contributed by atoms with Crippen molar-refractivity contribution in [1.29, 1.82) is 0 Å². The molecule has 1 nitrogen and oxygen atoms in total. The second kappa shape index (κ2) is 4.94. The van der Waals surface area contributed by atoms with E-state index in [9.17, 15) is 13.6 Å². The molecule has 0 radical (unpaired) electrons. The van der Waals surface area contributed by atoms with Crippen LogP contribution in [0.5, 0.6) is 0 Å². The van der Waals surface area contributed by atoms with Crippen LogP contribution in [-0.4, -0.2) is 5.78 Å². The molecule has 94 valence electrons. The van der Waals surface area contributed by atoms with Crippen LogP contribution in [0.4, 0.5) is 8.78 Å². The van der Waals surface area contributed by atoms with Gasteiger partial charge in [0.2, 0.25) is 0 Å². The fourth-order valence-electron chi connectivity index (χ4n) is 1.95. The molecule has 0 saturated heterocycles. The van der Waals surface area contributed by atoms with Gasteiger partial charge in [0.25, 0.3) is 0 Å². The van der Waals surface area contributed by atoms with Gasteiger partial charge in [0.15, 0.2) is 17.4 Å². The predicted molar refractivity (Wildman–Crippen MR) is 63.9 cm³/mol. The summed E-state index contributed by atoms with van der Waals surface area (Å²) >= 11 is 0. The van der Waals surface area contributed by atoms with Gasteiger partial charge in [-0.2, -0.15) is 0 Å². The molecule has 1 unspecified atom stereocenters. The van der Waals surface area contributed by atoms with Gasteiger partial charge in [0.05, 0.1) is 0 Å². The topological polar surface area (TPSA) is 17.1 Å². The summed E-state index contributed by atoms with van der Waals surface area (Å²) in [4.78, 5) is 12.0. The highest BCUT2D eigenvalue weighted by molar-refractivity contribution is 5.97. The highest BCUT2D eigenvalue weighted by Gasteiger charge is 2.22. The van der Waals surface area contributed by atoms with Crippen molar-refractivity contribution in [2.45, 2.75) is 34.1 Å². The van der Waals surface area contributed by atoms with Crippen molar-refractivity contribution < 1.29 is 13.6 Å². The Morgan fingerprint density at radius 3 is 2.29 bits per heavy atom. The number of hydrogen-bond donors (Lipinski definition) is 0. The molecule has 0 saturated carbocycles. The average Bonchev–Trinajstić information content (AvgIpc) is 2.18. The maximum Gasteiger partial charge on any atom is 0.165 e. The standard InChI is InChI=1S/C14H18F2O/c1-9(8-14(2,3)4)13(17)10-5-6-11(15)12(16)7-10/h5-7,9H,8H2,1-4H3. The van der Waals surface area contributed by atoms with Gasteiger partial charge in [-0.15, -0.1) is 0 Å². The Kier molecular flexibility index (Phi) is 4.02. The molecule has 0 fully saturated rings. The van der Waals surface area contributed by atoms with E-state index < -0.39 is 11.6 Å². The third-order valence-electron chi connectivity index (χ3n) is 2.57. The SMILES string of the molecule is CC(CC(C)(C)C)C(=O)c1ccc(F)c(F)c1. The molecular weight excluding hydrogens is 222 g/mol. The van der Waals surface area contributed by atoms with Crippen molar-refractivity contribution >= 4 is 5.78 Å². The van der Waals surface area contributed by atoms with Gasteiger partial charge in [-0.1, -0.05) is 27.7 Å². The average molecular weight is 240 g/mol. The summed E-state index contributed by atoms with van der Waals surface area (Å²) in [6.45, 7) is 7.95. The van der Waals surface area contributed by atoms with Crippen molar-refractivity contribution in [1.82, 2.24) is 0 Å². The fourth-order valence-corrected chi connectivity index (χ4v) is 1.95. The van der Waals surface area contributed by atoms with E-state index in [0.717, 1.165) is 12.1 Å². The smallest absolute Gasteiger partial charge is 0.165 e. The molecule has 1 aromatic carbocycles. The quantitative estimate of drug-likeness (QED) is 0.723. The monoisotopic (exact) mass is 240 g/mol. The van der Waals surface area contributed by atoms with E-state index in [0.29, 0.717) is 6.42 Å². The van der Waals surface area contributed by atoms with Crippen LogP contribution in [0.25, 0.3) is 0 Å². The third-order valence-corrected chi connectivity index (χ3v) is 2.57. The van der Waals surface area contributed by atoms with Crippen molar-refractivity contribution in [3.05, 3.63) is 35.4 Å². The van der Waals surface area contributed by atoms with Crippen LogP contribution in [0.2, 0.25) is 0 Å².